The summed E-state index contributed by atoms with van der Waals surface area (Å²) in [5.41, 5.74) is 2.73. The zero-order valence-corrected chi connectivity index (χ0v) is 21.0. The minimum atomic E-state index is -0.639. The highest BCUT2D eigenvalue weighted by atomic mass is 35.5. The number of methoxy groups -OCH3 is 1. The number of rotatable bonds is 8. The number of dihydropyridines is 1. The van der Waals surface area contributed by atoms with Crippen LogP contribution in [0.5, 0.6) is 5.75 Å². The van der Waals surface area contributed by atoms with Crippen LogP contribution in [0.15, 0.2) is 64.3 Å². The van der Waals surface area contributed by atoms with E-state index in [1.807, 2.05) is 19.1 Å². The number of nitrogens with one attached hydrogen (secondary N) is 2. The zero-order chi connectivity index (χ0) is 24.0. The number of carbonyl (C=O) groups is 1. The Balaban J connectivity index is 2.09. The fourth-order valence-electron chi connectivity index (χ4n) is 3.63. The van der Waals surface area contributed by atoms with Gasteiger partial charge in [-0.3, -0.25) is 4.79 Å². The fraction of sp³-hybridized carbons (Fsp3) is 0.280. The zero-order valence-electron chi connectivity index (χ0n) is 18.7. The van der Waals surface area contributed by atoms with Gasteiger partial charge in [-0.2, -0.15) is 5.26 Å². The van der Waals surface area contributed by atoms with Gasteiger partial charge >= 0.3 is 0 Å². The van der Waals surface area contributed by atoms with E-state index in [-0.39, 0.29) is 5.91 Å². The molecule has 0 saturated carbocycles. The summed E-state index contributed by atoms with van der Waals surface area (Å²) in [5, 5.41) is 18.0. The summed E-state index contributed by atoms with van der Waals surface area (Å²) in [6.07, 6.45) is 2.07. The molecule has 5 nitrogen and oxygen atoms in total. The molecular formula is C25H25Cl2N3O2S. The summed E-state index contributed by atoms with van der Waals surface area (Å²) in [7, 11) is 1.55. The molecule has 1 aliphatic heterocycles. The highest BCUT2D eigenvalue weighted by molar-refractivity contribution is 8.03. The Bertz CT molecular complexity index is 1150. The third-order valence-corrected chi connectivity index (χ3v) is 6.93. The lowest BCUT2D eigenvalue weighted by Gasteiger charge is -2.30. The molecule has 1 amide bonds. The highest BCUT2D eigenvalue weighted by Crippen LogP contribution is 2.44. The molecule has 33 heavy (non-hydrogen) atoms. The molecule has 0 spiro atoms. The second-order valence-corrected chi connectivity index (χ2v) is 9.42. The molecule has 0 fully saturated rings. The number of nitrogens with zero attached hydrogens (tertiary/aromatic N) is 1. The highest BCUT2D eigenvalue weighted by Gasteiger charge is 2.36. The maximum atomic E-state index is 13.6. The largest absolute Gasteiger partial charge is 0.495 e. The average molecular weight is 502 g/mol. The van der Waals surface area contributed by atoms with Gasteiger partial charge in [0.2, 0.25) is 0 Å². The molecule has 2 aromatic carbocycles. The van der Waals surface area contributed by atoms with Crippen molar-refractivity contribution in [2.75, 3.05) is 18.2 Å². The van der Waals surface area contributed by atoms with Crippen LogP contribution in [0, 0.1) is 11.3 Å². The summed E-state index contributed by atoms with van der Waals surface area (Å²) in [6.45, 7) is 3.96. The van der Waals surface area contributed by atoms with Crippen LogP contribution in [0.1, 0.15) is 38.2 Å². The van der Waals surface area contributed by atoms with Crippen molar-refractivity contribution in [3.63, 3.8) is 0 Å². The molecule has 2 aromatic rings. The molecule has 0 radical (unpaired) electrons. The number of halogens is 2. The number of benzene rings is 2. The molecule has 1 atom stereocenters. The van der Waals surface area contributed by atoms with Crippen LogP contribution in [-0.4, -0.2) is 18.8 Å². The molecule has 2 N–H and O–H groups in total. The van der Waals surface area contributed by atoms with Crippen LogP contribution in [0.4, 0.5) is 5.69 Å². The average Bonchev–Trinajstić information content (AvgIpc) is 2.79. The van der Waals surface area contributed by atoms with Gasteiger partial charge in [-0.15, -0.1) is 11.8 Å². The predicted molar refractivity (Wildman–Crippen MR) is 137 cm³/mol. The van der Waals surface area contributed by atoms with E-state index < -0.39 is 5.92 Å². The molecule has 0 aromatic heterocycles. The number of anilines is 1. The standard InChI is InChI=1S/C25H25Cl2N3O2S/c1-4-5-12-33-25-18(14-28)23(17-11-10-16(26)13-19(17)27)22(15(2)29-25)24(31)30-20-8-6-7-9-21(20)32-3/h6-11,13,23,29H,4-5,12H2,1-3H3,(H,30,31). The number of ether oxygens (including phenoxy) is 1. The van der Waals surface area contributed by atoms with Crippen molar-refractivity contribution in [3.8, 4) is 11.8 Å². The Morgan fingerprint density at radius 2 is 2.03 bits per heavy atom. The van der Waals surface area contributed by atoms with Crippen molar-refractivity contribution in [1.82, 2.24) is 5.32 Å². The molecular weight excluding hydrogens is 477 g/mol. The van der Waals surface area contributed by atoms with Gasteiger partial charge in [-0.1, -0.05) is 54.7 Å². The molecule has 1 heterocycles. The van der Waals surface area contributed by atoms with E-state index in [1.165, 1.54) is 0 Å². The number of hydrogen-bond donors (Lipinski definition) is 2. The molecule has 8 heteroatoms. The molecule has 172 valence electrons. The van der Waals surface area contributed by atoms with Crippen molar-refractivity contribution >= 4 is 46.6 Å². The fourth-order valence-corrected chi connectivity index (χ4v) is 5.33. The maximum Gasteiger partial charge on any atom is 0.254 e. The Morgan fingerprint density at radius 3 is 2.70 bits per heavy atom. The molecule has 3 rings (SSSR count). The van der Waals surface area contributed by atoms with Crippen LogP contribution in [0.25, 0.3) is 0 Å². The Morgan fingerprint density at radius 1 is 1.27 bits per heavy atom. The second-order valence-electron chi connectivity index (χ2n) is 7.47. The molecule has 1 unspecified atom stereocenters. The molecule has 0 aliphatic carbocycles. The van der Waals surface area contributed by atoms with E-state index >= 15 is 0 Å². The summed E-state index contributed by atoms with van der Waals surface area (Å²) < 4.78 is 5.37. The molecule has 0 bridgehead atoms. The lowest BCUT2D eigenvalue weighted by Crippen LogP contribution is -2.31. The van der Waals surface area contributed by atoms with Gasteiger partial charge in [0.15, 0.2) is 0 Å². The van der Waals surface area contributed by atoms with Gasteiger partial charge in [-0.25, -0.2) is 0 Å². The molecule has 0 saturated heterocycles. The van der Waals surface area contributed by atoms with Crippen LogP contribution < -0.4 is 15.4 Å². The third-order valence-electron chi connectivity index (χ3n) is 5.27. The van der Waals surface area contributed by atoms with Crippen molar-refractivity contribution in [3.05, 3.63) is 79.9 Å². The van der Waals surface area contributed by atoms with Crippen molar-refractivity contribution in [2.24, 2.45) is 0 Å². The first-order valence-corrected chi connectivity index (χ1v) is 12.3. The summed E-state index contributed by atoms with van der Waals surface area (Å²) >= 11 is 14.3. The van der Waals surface area contributed by atoms with Crippen molar-refractivity contribution in [1.29, 1.82) is 5.26 Å². The number of thioether (sulfide) groups is 1. The first-order chi connectivity index (χ1) is 15.9. The van der Waals surface area contributed by atoms with Gasteiger partial charge in [0.05, 0.1) is 35.4 Å². The lowest BCUT2D eigenvalue weighted by atomic mass is 9.82. The van der Waals surface area contributed by atoms with Gasteiger partial charge in [0, 0.05) is 21.3 Å². The monoisotopic (exact) mass is 501 g/mol. The van der Waals surface area contributed by atoms with Crippen LogP contribution >= 0.6 is 35.0 Å². The normalized spacial score (nSPS) is 15.7. The smallest absolute Gasteiger partial charge is 0.254 e. The van der Waals surface area contributed by atoms with Gasteiger partial charge < -0.3 is 15.4 Å². The van der Waals surface area contributed by atoms with Crippen LogP contribution in [0.2, 0.25) is 10.0 Å². The van der Waals surface area contributed by atoms with E-state index in [9.17, 15) is 10.1 Å². The van der Waals surface area contributed by atoms with Gasteiger partial charge in [0.1, 0.15) is 5.75 Å². The Labute approximate surface area is 208 Å². The van der Waals surface area contributed by atoms with Crippen LogP contribution in [-0.2, 0) is 4.79 Å². The van der Waals surface area contributed by atoms with Crippen LogP contribution in [0.3, 0.4) is 0 Å². The number of carbonyl (C=O) groups excluding carboxylic acids is 1. The first kappa shape index (κ1) is 25.0. The quantitative estimate of drug-likeness (QED) is 0.386. The van der Waals surface area contributed by atoms with E-state index in [0.29, 0.717) is 43.9 Å². The number of para-hydroxylation sites is 2. The van der Waals surface area contributed by atoms with Gasteiger partial charge in [0.25, 0.3) is 5.91 Å². The van der Waals surface area contributed by atoms with E-state index in [2.05, 4.69) is 23.6 Å². The summed E-state index contributed by atoms with van der Waals surface area (Å²) in [6, 6.07) is 14.6. The van der Waals surface area contributed by atoms with E-state index in [0.717, 1.165) is 23.6 Å². The molecule has 1 aliphatic rings. The topological polar surface area (TPSA) is 74.2 Å². The number of amides is 1. The number of unbranched alkanes of at least 4 members (excludes halogenated alkanes) is 1. The predicted octanol–water partition coefficient (Wildman–Crippen LogP) is 6.87. The second kappa shape index (κ2) is 11.5. The Kier molecular flexibility index (Phi) is 8.74. The Hall–Kier alpha value is -2.59. The van der Waals surface area contributed by atoms with E-state index in [4.69, 9.17) is 27.9 Å². The summed E-state index contributed by atoms with van der Waals surface area (Å²) in [5.74, 6) is 0.424. The third kappa shape index (κ3) is 5.67. The number of nitriles is 1. The van der Waals surface area contributed by atoms with Crippen molar-refractivity contribution < 1.29 is 9.53 Å². The minimum absolute atomic E-state index is 0.342. The van der Waals surface area contributed by atoms with Gasteiger partial charge in [-0.05, 0) is 48.9 Å². The number of hydrogen-bond acceptors (Lipinski definition) is 5. The number of allylic oxidation sites excluding steroid dienone is 2. The maximum absolute atomic E-state index is 13.6. The summed E-state index contributed by atoms with van der Waals surface area (Å²) in [4.78, 5) is 13.6. The van der Waals surface area contributed by atoms with E-state index in [1.54, 1.807) is 49.2 Å². The first-order valence-electron chi connectivity index (χ1n) is 10.5. The SMILES string of the molecule is CCCCSC1=C(C#N)C(c2ccc(Cl)cc2Cl)C(C(=O)Nc2ccccc2OC)=C(C)N1. The lowest BCUT2D eigenvalue weighted by molar-refractivity contribution is -0.113. The van der Waals surface area contributed by atoms with Crippen molar-refractivity contribution in [2.45, 2.75) is 32.6 Å². The minimum Gasteiger partial charge on any atom is -0.495 e.